The van der Waals surface area contributed by atoms with Crippen LogP contribution in [0.4, 0.5) is 5.69 Å². The topological polar surface area (TPSA) is 111 Å². The lowest BCUT2D eigenvalue weighted by molar-refractivity contribution is -0.139. The predicted molar refractivity (Wildman–Crippen MR) is 85.0 cm³/mol. The van der Waals surface area contributed by atoms with E-state index in [2.05, 4.69) is 15.4 Å². The molecule has 8 heteroatoms. The summed E-state index contributed by atoms with van der Waals surface area (Å²) < 4.78 is 4.42. The number of carbonyl (C=O) groups excluding carboxylic acids is 3. The standard InChI is InChI=1S/C14H19N3O4.ClH/c1-21-13(19)9-16-14(20)10-4-6-11(7-5-10)17-12(18)3-2-8-15;/h4-7H,2-3,8-9,15H2,1H3,(H,16,20)(H,17,18);1H. The fourth-order valence-electron chi connectivity index (χ4n) is 1.52. The van der Waals surface area contributed by atoms with E-state index in [0.717, 1.165) is 0 Å². The number of anilines is 1. The lowest BCUT2D eigenvalue weighted by atomic mass is 10.2. The largest absolute Gasteiger partial charge is 0.468 e. The van der Waals surface area contributed by atoms with Gasteiger partial charge in [-0.1, -0.05) is 0 Å². The second kappa shape index (κ2) is 10.6. The summed E-state index contributed by atoms with van der Waals surface area (Å²) in [4.78, 5) is 34.1. The van der Waals surface area contributed by atoms with E-state index in [4.69, 9.17) is 5.73 Å². The molecule has 0 bridgehead atoms. The number of hydrogen-bond donors (Lipinski definition) is 3. The number of carbonyl (C=O) groups is 3. The molecular formula is C14H20ClN3O4. The van der Waals surface area contributed by atoms with Gasteiger partial charge in [0.1, 0.15) is 6.54 Å². The summed E-state index contributed by atoms with van der Waals surface area (Å²) in [6.45, 7) is 0.277. The molecule has 2 amide bonds. The molecular weight excluding hydrogens is 310 g/mol. The molecule has 0 unspecified atom stereocenters. The Bertz CT molecular complexity index is 505. The van der Waals surface area contributed by atoms with Crippen molar-refractivity contribution in [2.24, 2.45) is 5.73 Å². The zero-order valence-electron chi connectivity index (χ0n) is 12.3. The van der Waals surface area contributed by atoms with Crippen molar-refractivity contribution in [1.29, 1.82) is 0 Å². The summed E-state index contributed by atoms with van der Waals surface area (Å²) in [5, 5.41) is 5.12. The summed E-state index contributed by atoms with van der Waals surface area (Å²) >= 11 is 0. The van der Waals surface area contributed by atoms with Crippen molar-refractivity contribution in [3.63, 3.8) is 0 Å². The van der Waals surface area contributed by atoms with Gasteiger partial charge in [-0.2, -0.15) is 0 Å². The molecule has 0 aliphatic heterocycles. The molecule has 0 heterocycles. The van der Waals surface area contributed by atoms with Gasteiger partial charge in [-0.15, -0.1) is 12.4 Å². The number of methoxy groups -OCH3 is 1. The van der Waals surface area contributed by atoms with Crippen LogP contribution in [0.1, 0.15) is 23.2 Å². The fourth-order valence-corrected chi connectivity index (χ4v) is 1.52. The quantitative estimate of drug-likeness (QED) is 0.637. The van der Waals surface area contributed by atoms with Gasteiger partial charge in [0, 0.05) is 17.7 Å². The van der Waals surface area contributed by atoms with E-state index in [1.54, 1.807) is 24.3 Å². The molecule has 0 aliphatic rings. The van der Waals surface area contributed by atoms with Crippen LogP contribution in [0.15, 0.2) is 24.3 Å². The highest BCUT2D eigenvalue weighted by Crippen LogP contribution is 2.10. The Morgan fingerprint density at radius 2 is 1.82 bits per heavy atom. The minimum Gasteiger partial charge on any atom is -0.468 e. The van der Waals surface area contributed by atoms with Crippen molar-refractivity contribution >= 4 is 35.9 Å². The maximum atomic E-state index is 11.7. The van der Waals surface area contributed by atoms with Gasteiger partial charge in [-0.3, -0.25) is 14.4 Å². The van der Waals surface area contributed by atoms with Crippen LogP contribution in [-0.4, -0.2) is 38.0 Å². The second-order valence-corrected chi connectivity index (χ2v) is 4.28. The number of hydrogen-bond acceptors (Lipinski definition) is 5. The second-order valence-electron chi connectivity index (χ2n) is 4.28. The van der Waals surface area contributed by atoms with Gasteiger partial charge >= 0.3 is 5.97 Å². The summed E-state index contributed by atoms with van der Waals surface area (Å²) in [5.41, 5.74) is 6.31. The Hall–Kier alpha value is -2.12. The van der Waals surface area contributed by atoms with Crippen molar-refractivity contribution in [3.05, 3.63) is 29.8 Å². The molecule has 0 saturated heterocycles. The normalized spacial score (nSPS) is 9.36. The van der Waals surface area contributed by atoms with Gasteiger partial charge in [0.15, 0.2) is 0 Å². The monoisotopic (exact) mass is 329 g/mol. The summed E-state index contributed by atoms with van der Waals surface area (Å²) in [6.07, 6.45) is 0.984. The summed E-state index contributed by atoms with van der Waals surface area (Å²) in [7, 11) is 1.25. The third-order valence-electron chi connectivity index (χ3n) is 2.66. The molecule has 7 nitrogen and oxygen atoms in total. The Balaban J connectivity index is 0.00000441. The third-order valence-corrected chi connectivity index (χ3v) is 2.66. The molecule has 0 atom stereocenters. The highest BCUT2D eigenvalue weighted by atomic mass is 35.5. The van der Waals surface area contributed by atoms with Crippen LogP contribution in [0.2, 0.25) is 0 Å². The number of esters is 1. The molecule has 4 N–H and O–H groups in total. The minimum atomic E-state index is -0.521. The molecule has 122 valence electrons. The first-order valence-electron chi connectivity index (χ1n) is 6.52. The number of ether oxygens (including phenoxy) is 1. The molecule has 1 aromatic rings. The Kier molecular flexibility index (Phi) is 9.56. The van der Waals surface area contributed by atoms with Crippen LogP contribution in [0.25, 0.3) is 0 Å². The van der Waals surface area contributed by atoms with E-state index >= 15 is 0 Å². The van der Waals surface area contributed by atoms with Crippen LogP contribution in [0.3, 0.4) is 0 Å². The number of nitrogens with one attached hydrogen (secondary N) is 2. The van der Waals surface area contributed by atoms with Crippen LogP contribution in [0, 0.1) is 0 Å². The third kappa shape index (κ3) is 7.05. The van der Waals surface area contributed by atoms with Crippen LogP contribution >= 0.6 is 12.4 Å². The van der Waals surface area contributed by atoms with Gasteiger partial charge in [0.2, 0.25) is 5.91 Å². The number of nitrogens with two attached hydrogens (primary N) is 1. The number of halogens is 1. The van der Waals surface area contributed by atoms with E-state index in [9.17, 15) is 14.4 Å². The highest BCUT2D eigenvalue weighted by molar-refractivity contribution is 5.97. The average molecular weight is 330 g/mol. The first-order valence-corrected chi connectivity index (χ1v) is 6.52. The lowest BCUT2D eigenvalue weighted by Crippen LogP contribution is -2.30. The maximum Gasteiger partial charge on any atom is 0.325 e. The van der Waals surface area contributed by atoms with Crippen molar-refractivity contribution in [2.75, 3.05) is 25.5 Å². The first-order chi connectivity index (χ1) is 10.1. The van der Waals surface area contributed by atoms with Gasteiger partial charge < -0.3 is 21.1 Å². The van der Waals surface area contributed by atoms with E-state index in [-0.39, 0.29) is 30.8 Å². The molecule has 0 spiro atoms. The Morgan fingerprint density at radius 3 is 2.36 bits per heavy atom. The molecule has 0 aromatic heterocycles. The van der Waals surface area contributed by atoms with Crippen molar-refractivity contribution < 1.29 is 19.1 Å². The van der Waals surface area contributed by atoms with Crippen molar-refractivity contribution in [2.45, 2.75) is 12.8 Å². The van der Waals surface area contributed by atoms with Crippen molar-refractivity contribution in [3.8, 4) is 0 Å². The zero-order valence-corrected chi connectivity index (χ0v) is 13.1. The van der Waals surface area contributed by atoms with Crippen LogP contribution in [-0.2, 0) is 14.3 Å². The fraction of sp³-hybridized carbons (Fsp3) is 0.357. The van der Waals surface area contributed by atoms with Gasteiger partial charge in [0.25, 0.3) is 5.91 Å². The van der Waals surface area contributed by atoms with E-state index < -0.39 is 5.97 Å². The minimum absolute atomic E-state index is 0. The molecule has 0 aliphatic carbocycles. The molecule has 0 radical (unpaired) electrons. The van der Waals surface area contributed by atoms with E-state index in [1.807, 2.05) is 0 Å². The number of amides is 2. The first kappa shape index (κ1) is 19.9. The molecule has 0 saturated carbocycles. The predicted octanol–water partition coefficient (Wildman–Crippen LogP) is 0.689. The number of rotatable bonds is 7. The molecule has 0 fully saturated rings. The van der Waals surface area contributed by atoms with E-state index in [1.165, 1.54) is 7.11 Å². The highest BCUT2D eigenvalue weighted by Gasteiger charge is 2.08. The number of benzene rings is 1. The Morgan fingerprint density at radius 1 is 1.18 bits per heavy atom. The van der Waals surface area contributed by atoms with E-state index in [0.29, 0.717) is 30.6 Å². The van der Waals surface area contributed by atoms with Gasteiger partial charge in [-0.25, -0.2) is 0 Å². The molecule has 22 heavy (non-hydrogen) atoms. The summed E-state index contributed by atoms with van der Waals surface area (Å²) in [5.74, 6) is -1.03. The molecule has 1 aromatic carbocycles. The smallest absolute Gasteiger partial charge is 0.325 e. The maximum absolute atomic E-state index is 11.7. The van der Waals surface area contributed by atoms with Crippen LogP contribution < -0.4 is 16.4 Å². The van der Waals surface area contributed by atoms with Crippen molar-refractivity contribution in [1.82, 2.24) is 5.32 Å². The average Bonchev–Trinajstić information content (AvgIpc) is 2.50. The molecule has 1 rings (SSSR count). The SMILES string of the molecule is COC(=O)CNC(=O)c1ccc(NC(=O)CCCN)cc1.Cl. The van der Waals surface area contributed by atoms with Gasteiger partial charge in [-0.05, 0) is 37.2 Å². The Labute approximate surface area is 135 Å². The van der Waals surface area contributed by atoms with Gasteiger partial charge in [0.05, 0.1) is 7.11 Å². The zero-order chi connectivity index (χ0) is 15.7. The summed E-state index contributed by atoms with van der Waals surface area (Å²) in [6, 6.07) is 6.36. The van der Waals surface area contributed by atoms with Crippen LogP contribution in [0.5, 0.6) is 0 Å². The lowest BCUT2D eigenvalue weighted by Gasteiger charge is -2.07.